The van der Waals surface area contributed by atoms with Crippen molar-refractivity contribution in [1.29, 1.82) is 0 Å². The minimum atomic E-state index is -0.696. The molecule has 1 aromatic rings. The van der Waals surface area contributed by atoms with Crippen LogP contribution in [0.2, 0.25) is 0 Å². The van der Waals surface area contributed by atoms with E-state index in [1.54, 1.807) is 38.1 Å². The molecule has 0 saturated heterocycles. The number of ether oxygens (including phenoxy) is 2. The van der Waals surface area contributed by atoms with Gasteiger partial charge in [-0.3, -0.25) is 9.59 Å². The Morgan fingerprint density at radius 2 is 1.88 bits per heavy atom. The standard InChI is InChI=1S/C17H24N2O5/c1-4-10-18-16(21)12(3)19-15(20)11-24-17(22)13-8-6-7-9-14(13)23-5-2/h6-9,12H,4-5,10-11H2,1-3H3,(H,18,21)(H,19,20)/t12-/m0/s1. The van der Waals surface area contributed by atoms with Gasteiger partial charge in [0.05, 0.1) is 6.61 Å². The summed E-state index contributed by atoms with van der Waals surface area (Å²) >= 11 is 0. The molecule has 24 heavy (non-hydrogen) atoms. The molecule has 0 unspecified atom stereocenters. The van der Waals surface area contributed by atoms with Gasteiger partial charge in [-0.05, 0) is 32.4 Å². The highest BCUT2D eigenvalue weighted by Crippen LogP contribution is 2.18. The monoisotopic (exact) mass is 336 g/mol. The van der Waals surface area contributed by atoms with Crippen molar-refractivity contribution in [2.24, 2.45) is 0 Å². The van der Waals surface area contributed by atoms with Crippen LogP contribution in [-0.2, 0) is 14.3 Å². The number of hydrogen-bond donors (Lipinski definition) is 2. The fourth-order valence-electron chi connectivity index (χ4n) is 1.88. The van der Waals surface area contributed by atoms with Crippen LogP contribution in [0.3, 0.4) is 0 Å². The van der Waals surface area contributed by atoms with E-state index in [-0.39, 0.29) is 11.5 Å². The highest BCUT2D eigenvalue weighted by atomic mass is 16.5. The van der Waals surface area contributed by atoms with E-state index >= 15 is 0 Å². The van der Waals surface area contributed by atoms with Gasteiger partial charge in [0, 0.05) is 6.54 Å². The fraction of sp³-hybridized carbons (Fsp3) is 0.471. The van der Waals surface area contributed by atoms with Crippen LogP contribution < -0.4 is 15.4 Å². The molecule has 7 nitrogen and oxygen atoms in total. The number of amides is 2. The number of rotatable bonds is 9. The zero-order valence-electron chi connectivity index (χ0n) is 14.3. The number of carbonyl (C=O) groups excluding carboxylic acids is 3. The molecule has 0 heterocycles. The second-order valence-electron chi connectivity index (χ2n) is 5.09. The highest BCUT2D eigenvalue weighted by molar-refractivity contribution is 5.94. The molecule has 132 valence electrons. The smallest absolute Gasteiger partial charge is 0.342 e. The lowest BCUT2D eigenvalue weighted by Crippen LogP contribution is -2.46. The summed E-state index contributed by atoms with van der Waals surface area (Å²) in [4.78, 5) is 35.5. The van der Waals surface area contributed by atoms with Gasteiger partial charge >= 0.3 is 5.97 Å². The summed E-state index contributed by atoms with van der Waals surface area (Å²) in [7, 11) is 0. The molecule has 2 amide bonds. The molecule has 0 spiro atoms. The molecule has 0 saturated carbocycles. The first-order valence-corrected chi connectivity index (χ1v) is 7.95. The van der Waals surface area contributed by atoms with E-state index in [0.29, 0.717) is 18.9 Å². The van der Waals surface area contributed by atoms with Crippen LogP contribution in [0.4, 0.5) is 0 Å². The van der Waals surface area contributed by atoms with Gasteiger partial charge < -0.3 is 20.1 Å². The SMILES string of the molecule is CCCNC(=O)[C@H](C)NC(=O)COC(=O)c1ccccc1OCC. The van der Waals surface area contributed by atoms with E-state index in [2.05, 4.69) is 10.6 Å². The summed E-state index contributed by atoms with van der Waals surface area (Å²) in [6.07, 6.45) is 0.809. The van der Waals surface area contributed by atoms with Crippen molar-refractivity contribution in [2.75, 3.05) is 19.8 Å². The molecule has 1 aromatic carbocycles. The van der Waals surface area contributed by atoms with Crippen molar-refractivity contribution in [3.8, 4) is 5.75 Å². The molecule has 7 heteroatoms. The van der Waals surface area contributed by atoms with E-state index in [4.69, 9.17) is 9.47 Å². The molecular weight excluding hydrogens is 312 g/mol. The third kappa shape index (κ3) is 6.28. The number of nitrogens with one attached hydrogen (secondary N) is 2. The summed E-state index contributed by atoms with van der Waals surface area (Å²) < 4.78 is 10.3. The van der Waals surface area contributed by atoms with Gasteiger partial charge in [-0.25, -0.2) is 4.79 Å². The van der Waals surface area contributed by atoms with E-state index in [1.165, 1.54) is 0 Å². The summed E-state index contributed by atoms with van der Waals surface area (Å²) in [5, 5.41) is 5.15. The first kappa shape index (κ1) is 19.5. The molecule has 0 aliphatic carbocycles. The summed E-state index contributed by atoms with van der Waals surface area (Å²) in [5.74, 6) is -1.08. The molecule has 0 fully saturated rings. The average Bonchev–Trinajstić information content (AvgIpc) is 2.58. The third-order valence-electron chi connectivity index (χ3n) is 3.06. The van der Waals surface area contributed by atoms with Crippen molar-refractivity contribution in [1.82, 2.24) is 10.6 Å². The molecule has 0 aliphatic heterocycles. The second kappa shape index (κ2) is 10.3. The largest absolute Gasteiger partial charge is 0.493 e. The Labute approximate surface area is 141 Å². The van der Waals surface area contributed by atoms with Gasteiger partial charge in [0.1, 0.15) is 17.4 Å². The lowest BCUT2D eigenvalue weighted by Gasteiger charge is -2.14. The molecule has 0 radical (unpaired) electrons. The predicted octanol–water partition coefficient (Wildman–Crippen LogP) is 1.27. The average molecular weight is 336 g/mol. The van der Waals surface area contributed by atoms with Gasteiger partial charge in [-0.2, -0.15) is 0 Å². The fourth-order valence-corrected chi connectivity index (χ4v) is 1.88. The van der Waals surface area contributed by atoms with E-state index in [9.17, 15) is 14.4 Å². The Kier molecular flexibility index (Phi) is 8.32. The van der Waals surface area contributed by atoms with E-state index < -0.39 is 24.5 Å². The van der Waals surface area contributed by atoms with Crippen molar-refractivity contribution >= 4 is 17.8 Å². The van der Waals surface area contributed by atoms with Gasteiger partial charge in [0.25, 0.3) is 5.91 Å². The normalized spacial score (nSPS) is 11.3. The lowest BCUT2D eigenvalue weighted by atomic mass is 10.2. The first-order chi connectivity index (χ1) is 11.5. The van der Waals surface area contributed by atoms with Gasteiger partial charge in [0.2, 0.25) is 5.91 Å². The van der Waals surface area contributed by atoms with Crippen LogP contribution in [0.5, 0.6) is 5.75 Å². The minimum Gasteiger partial charge on any atom is -0.493 e. The molecule has 0 bridgehead atoms. The van der Waals surface area contributed by atoms with Crippen LogP contribution in [0, 0.1) is 0 Å². The first-order valence-electron chi connectivity index (χ1n) is 7.95. The van der Waals surface area contributed by atoms with E-state index in [1.807, 2.05) is 6.92 Å². The van der Waals surface area contributed by atoms with Gasteiger partial charge in [-0.15, -0.1) is 0 Å². The van der Waals surface area contributed by atoms with E-state index in [0.717, 1.165) is 6.42 Å². The van der Waals surface area contributed by atoms with Crippen LogP contribution in [0.1, 0.15) is 37.6 Å². The molecule has 1 rings (SSSR count). The maximum atomic E-state index is 12.0. The predicted molar refractivity (Wildman–Crippen MR) is 88.8 cm³/mol. The lowest BCUT2D eigenvalue weighted by molar-refractivity contribution is -0.130. The number of benzene rings is 1. The third-order valence-corrected chi connectivity index (χ3v) is 3.06. The quantitative estimate of drug-likeness (QED) is 0.663. The maximum Gasteiger partial charge on any atom is 0.342 e. The molecular formula is C17H24N2O5. The van der Waals surface area contributed by atoms with Crippen LogP contribution in [-0.4, -0.2) is 43.6 Å². The molecule has 1 atom stereocenters. The Morgan fingerprint density at radius 3 is 2.54 bits per heavy atom. The van der Waals surface area contributed by atoms with Crippen LogP contribution >= 0.6 is 0 Å². The number of esters is 1. The van der Waals surface area contributed by atoms with Crippen molar-refractivity contribution < 1.29 is 23.9 Å². The van der Waals surface area contributed by atoms with Crippen molar-refractivity contribution in [3.05, 3.63) is 29.8 Å². The topological polar surface area (TPSA) is 93.7 Å². The maximum absolute atomic E-state index is 12.0. The Morgan fingerprint density at radius 1 is 1.17 bits per heavy atom. The van der Waals surface area contributed by atoms with Gasteiger partial charge in [-0.1, -0.05) is 19.1 Å². The van der Waals surface area contributed by atoms with Gasteiger partial charge in [0.15, 0.2) is 6.61 Å². The zero-order chi connectivity index (χ0) is 17.9. The summed E-state index contributed by atoms with van der Waals surface area (Å²) in [6.45, 7) is 5.79. The molecule has 0 aliphatic rings. The van der Waals surface area contributed by atoms with Crippen molar-refractivity contribution in [2.45, 2.75) is 33.2 Å². The Bertz CT molecular complexity index is 574. The molecule has 0 aromatic heterocycles. The van der Waals surface area contributed by atoms with Crippen LogP contribution in [0.15, 0.2) is 24.3 Å². The van der Waals surface area contributed by atoms with Crippen LogP contribution in [0.25, 0.3) is 0 Å². The second-order valence-corrected chi connectivity index (χ2v) is 5.09. The Balaban J connectivity index is 2.49. The van der Waals surface area contributed by atoms with Crippen molar-refractivity contribution in [3.63, 3.8) is 0 Å². The summed E-state index contributed by atoms with van der Waals surface area (Å²) in [5.41, 5.74) is 0.251. The minimum absolute atomic E-state index is 0.251. The number of para-hydroxylation sites is 1. The Hall–Kier alpha value is -2.57. The molecule has 2 N–H and O–H groups in total. The number of carbonyl (C=O) groups is 3. The summed E-state index contributed by atoms with van der Waals surface area (Å²) in [6, 6.07) is 5.94. The number of hydrogen-bond acceptors (Lipinski definition) is 5. The zero-order valence-corrected chi connectivity index (χ0v) is 14.3. The highest BCUT2D eigenvalue weighted by Gasteiger charge is 2.18.